The molecule has 0 saturated heterocycles. The molecule has 0 aromatic carbocycles. The minimum atomic E-state index is -0.812. The van der Waals surface area contributed by atoms with E-state index in [1.165, 1.54) is 6.26 Å². The summed E-state index contributed by atoms with van der Waals surface area (Å²) in [5.74, 6) is 0.105. The monoisotopic (exact) mass is 279 g/mol. The summed E-state index contributed by atoms with van der Waals surface area (Å²) in [4.78, 5) is 17.1. The number of rotatable bonds is 7. The Morgan fingerprint density at radius 3 is 2.95 bits per heavy atom. The van der Waals surface area contributed by atoms with Crippen LogP contribution in [-0.4, -0.2) is 39.2 Å². The van der Waals surface area contributed by atoms with Crippen LogP contribution in [0.5, 0.6) is 0 Å². The van der Waals surface area contributed by atoms with Gasteiger partial charge < -0.3 is 14.0 Å². The topological polar surface area (TPSA) is 92.6 Å². The molecular weight excluding hydrogens is 262 g/mol. The average Bonchev–Trinajstić information content (AvgIpc) is 3.08. The predicted octanol–water partition coefficient (Wildman–Crippen LogP) is 1.87. The number of nitrogens with zero attached hydrogens (tertiary/aromatic N) is 3. The lowest BCUT2D eigenvalue weighted by molar-refractivity contribution is -0.141. The average molecular weight is 279 g/mol. The van der Waals surface area contributed by atoms with Crippen LogP contribution in [0.4, 0.5) is 0 Å². The van der Waals surface area contributed by atoms with Crippen LogP contribution in [0, 0.1) is 5.92 Å². The number of furan rings is 1. The van der Waals surface area contributed by atoms with Crippen molar-refractivity contribution < 1.29 is 18.8 Å². The Labute approximate surface area is 116 Å². The van der Waals surface area contributed by atoms with E-state index >= 15 is 0 Å². The van der Waals surface area contributed by atoms with Crippen molar-refractivity contribution in [2.75, 3.05) is 13.1 Å². The number of hydrogen-bond donors (Lipinski definition) is 1. The molecule has 7 nitrogen and oxygen atoms in total. The standard InChI is InChI=1S/C13H17N3O4/c1-3-16(7-9(2)13(17)18)8-11-14-12(20-15-11)10-5-4-6-19-10/h4-6,9H,3,7-8H2,1-2H3,(H,17,18). The maximum atomic E-state index is 10.9. The zero-order valence-electron chi connectivity index (χ0n) is 11.4. The molecule has 0 amide bonds. The molecule has 0 aliphatic heterocycles. The van der Waals surface area contributed by atoms with Gasteiger partial charge in [0.15, 0.2) is 11.6 Å². The summed E-state index contributed by atoms with van der Waals surface area (Å²) in [5, 5.41) is 12.8. The number of hydrogen-bond acceptors (Lipinski definition) is 6. The van der Waals surface area contributed by atoms with Crippen molar-refractivity contribution in [3.05, 3.63) is 24.2 Å². The third-order valence-corrected chi connectivity index (χ3v) is 2.97. The zero-order chi connectivity index (χ0) is 14.5. The second-order valence-electron chi connectivity index (χ2n) is 4.56. The fourth-order valence-electron chi connectivity index (χ4n) is 1.79. The lowest BCUT2D eigenvalue weighted by atomic mass is 10.1. The van der Waals surface area contributed by atoms with Gasteiger partial charge in [-0.25, -0.2) is 0 Å². The van der Waals surface area contributed by atoms with Gasteiger partial charge in [-0.1, -0.05) is 19.0 Å². The third-order valence-electron chi connectivity index (χ3n) is 2.97. The van der Waals surface area contributed by atoms with E-state index in [2.05, 4.69) is 10.1 Å². The van der Waals surface area contributed by atoms with Gasteiger partial charge in [-0.15, -0.1) is 0 Å². The first-order chi connectivity index (χ1) is 9.60. The van der Waals surface area contributed by atoms with E-state index in [0.29, 0.717) is 37.1 Å². The van der Waals surface area contributed by atoms with E-state index in [0.717, 1.165) is 0 Å². The second-order valence-corrected chi connectivity index (χ2v) is 4.56. The SMILES string of the molecule is CCN(Cc1noc(-c2ccco2)n1)CC(C)C(=O)O. The molecule has 0 bridgehead atoms. The fourth-order valence-corrected chi connectivity index (χ4v) is 1.79. The van der Waals surface area contributed by atoms with Crippen molar-refractivity contribution in [3.8, 4) is 11.7 Å². The number of carbonyl (C=O) groups is 1. The summed E-state index contributed by atoms with van der Waals surface area (Å²) in [6, 6.07) is 3.48. The molecule has 7 heteroatoms. The minimum Gasteiger partial charge on any atom is -0.481 e. The molecule has 2 aromatic heterocycles. The lowest BCUT2D eigenvalue weighted by Gasteiger charge is -2.20. The maximum Gasteiger partial charge on any atom is 0.307 e. The Hall–Kier alpha value is -2.15. The van der Waals surface area contributed by atoms with Crippen LogP contribution < -0.4 is 0 Å². The van der Waals surface area contributed by atoms with E-state index in [1.807, 2.05) is 11.8 Å². The molecule has 20 heavy (non-hydrogen) atoms. The highest BCUT2D eigenvalue weighted by Crippen LogP contribution is 2.17. The van der Waals surface area contributed by atoms with Gasteiger partial charge in [0, 0.05) is 6.54 Å². The fraction of sp³-hybridized carbons (Fsp3) is 0.462. The first kappa shape index (κ1) is 14.3. The highest BCUT2D eigenvalue weighted by Gasteiger charge is 2.18. The Morgan fingerprint density at radius 1 is 1.55 bits per heavy atom. The smallest absolute Gasteiger partial charge is 0.307 e. The van der Waals surface area contributed by atoms with Crippen molar-refractivity contribution in [2.24, 2.45) is 5.92 Å². The Balaban J connectivity index is 1.99. The summed E-state index contributed by atoms with van der Waals surface area (Å²) in [6.45, 7) is 5.23. The van der Waals surface area contributed by atoms with Crippen molar-refractivity contribution in [2.45, 2.75) is 20.4 Å². The van der Waals surface area contributed by atoms with Crippen LogP contribution in [0.1, 0.15) is 19.7 Å². The summed E-state index contributed by atoms with van der Waals surface area (Å²) in [5.41, 5.74) is 0. The van der Waals surface area contributed by atoms with Crippen molar-refractivity contribution >= 4 is 5.97 Å². The Bertz CT molecular complexity index is 550. The molecule has 2 rings (SSSR count). The molecule has 0 aliphatic carbocycles. The van der Waals surface area contributed by atoms with E-state index in [9.17, 15) is 4.79 Å². The highest BCUT2D eigenvalue weighted by molar-refractivity contribution is 5.69. The van der Waals surface area contributed by atoms with E-state index < -0.39 is 11.9 Å². The van der Waals surface area contributed by atoms with Crippen LogP contribution in [-0.2, 0) is 11.3 Å². The highest BCUT2D eigenvalue weighted by atomic mass is 16.5. The molecule has 0 aliphatic rings. The molecule has 0 spiro atoms. The molecule has 2 heterocycles. The van der Waals surface area contributed by atoms with Gasteiger partial charge in [0.05, 0.1) is 18.7 Å². The summed E-state index contributed by atoms with van der Waals surface area (Å²) < 4.78 is 10.3. The molecule has 1 atom stereocenters. The van der Waals surface area contributed by atoms with Crippen LogP contribution in [0.15, 0.2) is 27.3 Å². The minimum absolute atomic E-state index is 0.326. The predicted molar refractivity (Wildman–Crippen MR) is 69.8 cm³/mol. The molecular formula is C13H17N3O4. The summed E-state index contributed by atoms with van der Waals surface area (Å²) in [7, 11) is 0. The van der Waals surface area contributed by atoms with E-state index in [4.69, 9.17) is 14.0 Å². The van der Waals surface area contributed by atoms with Gasteiger partial charge >= 0.3 is 5.97 Å². The summed E-state index contributed by atoms with van der Waals surface area (Å²) >= 11 is 0. The number of carboxylic acid groups (broad SMARTS) is 1. The van der Waals surface area contributed by atoms with Crippen LogP contribution in [0.3, 0.4) is 0 Å². The first-order valence-electron chi connectivity index (χ1n) is 6.41. The number of aromatic nitrogens is 2. The summed E-state index contributed by atoms with van der Waals surface area (Å²) in [6.07, 6.45) is 1.53. The van der Waals surface area contributed by atoms with Gasteiger partial charge in [0.25, 0.3) is 5.89 Å². The molecule has 1 unspecified atom stereocenters. The normalized spacial score (nSPS) is 12.8. The quantitative estimate of drug-likeness (QED) is 0.826. The molecule has 1 N–H and O–H groups in total. The van der Waals surface area contributed by atoms with Crippen molar-refractivity contribution in [3.63, 3.8) is 0 Å². The first-order valence-corrected chi connectivity index (χ1v) is 6.41. The van der Waals surface area contributed by atoms with Crippen LogP contribution in [0.25, 0.3) is 11.7 Å². The molecule has 0 radical (unpaired) electrons. The van der Waals surface area contributed by atoms with Gasteiger partial charge in [-0.05, 0) is 18.7 Å². The number of carboxylic acids is 1. The molecule has 2 aromatic rings. The van der Waals surface area contributed by atoms with Crippen molar-refractivity contribution in [1.82, 2.24) is 15.0 Å². The molecule has 0 fully saturated rings. The zero-order valence-corrected chi connectivity index (χ0v) is 11.4. The largest absolute Gasteiger partial charge is 0.481 e. The second kappa shape index (κ2) is 6.33. The Morgan fingerprint density at radius 2 is 2.35 bits per heavy atom. The number of aliphatic carboxylic acids is 1. The Kier molecular flexibility index (Phi) is 4.52. The van der Waals surface area contributed by atoms with E-state index in [1.54, 1.807) is 19.1 Å². The van der Waals surface area contributed by atoms with E-state index in [-0.39, 0.29) is 0 Å². The van der Waals surface area contributed by atoms with Crippen LogP contribution >= 0.6 is 0 Å². The van der Waals surface area contributed by atoms with Gasteiger partial charge in [0.1, 0.15) is 0 Å². The van der Waals surface area contributed by atoms with Gasteiger partial charge in [-0.3, -0.25) is 9.69 Å². The molecule has 108 valence electrons. The van der Waals surface area contributed by atoms with Crippen LogP contribution in [0.2, 0.25) is 0 Å². The van der Waals surface area contributed by atoms with Gasteiger partial charge in [-0.2, -0.15) is 4.98 Å². The third kappa shape index (κ3) is 3.45. The lowest BCUT2D eigenvalue weighted by Crippen LogP contribution is -2.31. The molecule has 0 saturated carbocycles. The van der Waals surface area contributed by atoms with Gasteiger partial charge in [0.2, 0.25) is 0 Å². The van der Waals surface area contributed by atoms with Crippen molar-refractivity contribution in [1.29, 1.82) is 0 Å². The maximum absolute atomic E-state index is 10.9.